The summed E-state index contributed by atoms with van der Waals surface area (Å²) in [6.45, 7) is 1.46. The first kappa shape index (κ1) is 17.7. The number of halogens is 1. The Hall–Kier alpha value is -2.60. The van der Waals surface area contributed by atoms with Crippen molar-refractivity contribution in [3.63, 3.8) is 0 Å². The highest BCUT2D eigenvalue weighted by molar-refractivity contribution is 6.33. The van der Waals surface area contributed by atoms with Gasteiger partial charge in [0, 0.05) is 37.9 Å². The van der Waals surface area contributed by atoms with Crippen molar-refractivity contribution in [2.75, 3.05) is 19.6 Å². The molecule has 6 nitrogen and oxygen atoms in total. The number of guanidine groups is 1. The summed E-state index contributed by atoms with van der Waals surface area (Å²) < 4.78 is 0. The van der Waals surface area contributed by atoms with Gasteiger partial charge >= 0.3 is 0 Å². The zero-order valence-corrected chi connectivity index (χ0v) is 14.0. The first-order valence-electron chi connectivity index (χ1n) is 7.63. The highest BCUT2D eigenvalue weighted by Crippen LogP contribution is 2.14. The van der Waals surface area contributed by atoms with E-state index in [2.05, 4.69) is 20.6 Å². The third-order valence-corrected chi connectivity index (χ3v) is 3.54. The predicted octanol–water partition coefficient (Wildman–Crippen LogP) is 1.61. The van der Waals surface area contributed by atoms with E-state index in [0.29, 0.717) is 36.2 Å². The Labute approximate surface area is 146 Å². The van der Waals surface area contributed by atoms with Crippen LogP contribution in [-0.4, -0.2) is 36.5 Å². The van der Waals surface area contributed by atoms with Crippen LogP contribution in [0.1, 0.15) is 16.1 Å². The molecule has 1 aromatic heterocycles. The fourth-order valence-corrected chi connectivity index (χ4v) is 2.22. The van der Waals surface area contributed by atoms with Crippen molar-refractivity contribution >= 4 is 23.5 Å². The summed E-state index contributed by atoms with van der Waals surface area (Å²) in [4.78, 5) is 20.4. The average Bonchev–Trinajstić information content (AvgIpc) is 2.60. The number of nitrogens with one attached hydrogen (secondary N) is 2. The summed E-state index contributed by atoms with van der Waals surface area (Å²) in [5.41, 5.74) is 7.20. The van der Waals surface area contributed by atoms with Gasteiger partial charge in [0.1, 0.15) is 0 Å². The van der Waals surface area contributed by atoms with Crippen LogP contribution in [0, 0.1) is 0 Å². The summed E-state index contributed by atoms with van der Waals surface area (Å²) in [6.07, 6.45) is 2.48. The fourth-order valence-electron chi connectivity index (χ4n) is 2.00. The molecule has 1 heterocycles. The van der Waals surface area contributed by atoms with Crippen LogP contribution in [0.5, 0.6) is 0 Å². The molecule has 0 saturated heterocycles. The van der Waals surface area contributed by atoms with Crippen LogP contribution in [0.15, 0.2) is 53.7 Å². The first-order valence-corrected chi connectivity index (χ1v) is 8.01. The second kappa shape index (κ2) is 9.52. The van der Waals surface area contributed by atoms with E-state index in [1.165, 1.54) is 0 Å². The number of amides is 1. The van der Waals surface area contributed by atoms with Crippen molar-refractivity contribution in [3.05, 3.63) is 64.9 Å². The molecule has 0 unspecified atom stereocenters. The van der Waals surface area contributed by atoms with Gasteiger partial charge < -0.3 is 16.4 Å². The molecule has 1 aromatic carbocycles. The van der Waals surface area contributed by atoms with Crippen LogP contribution >= 0.6 is 11.6 Å². The second-order valence-electron chi connectivity index (χ2n) is 5.00. The Kier molecular flexibility index (Phi) is 7.04. The largest absolute Gasteiger partial charge is 0.370 e. The summed E-state index contributed by atoms with van der Waals surface area (Å²) >= 11 is 5.97. The summed E-state index contributed by atoms with van der Waals surface area (Å²) in [6, 6.07) is 12.7. The number of carbonyl (C=O) groups is 1. The molecule has 1 amide bonds. The maximum absolute atomic E-state index is 11.9. The lowest BCUT2D eigenvalue weighted by molar-refractivity contribution is 0.0954. The van der Waals surface area contributed by atoms with Gasteiger partial charge in [-0.15, -0.1) is 0 Å². The van der Waals surface area contributed by atoms with Gasteiger partial charge in [-0.1, -0.05) is 29.8 Å². The number of hydrogen-bond acceptors (Lipinski definition) is 3. The molecule has 0 spiro atoms. The van der Waals surface area contributed by atoms with Crippen molar-refractivity contribution in [1.82, 2.24) is 15.6 Å². The van der Waals surface area contributed by atoms with E-state index in [9.17, 15) is 4.79 Å². The molecule has 0 aliphatic heterocycles. The monoisotopic (exact) mass is 345 g/mol. The van der Waals surface area contributed by atoms with Gasteiger partial charge in [0.2, 0.25) is 0 Å². The van der Waals surface area contributed by atoms with E-state index in [4.69, 9.17) is 17.3 Å². The van der Waals surface area contributed by atoms with Gasteiger partial charge in [-0.25, -0.2) is 0 Å². The quantitative estimate of drug-likeness (QED) is 0.404. The van der Waals surface area contributed by atoms with E-state index in [-0.39, 0.29) is 5.91 Å². The predicted molar refractivity (Wildman–Crippen MR) is 96.2 cm³/mol. The number of pyridine rings is 1. The SMILES string of the molecule is NC(=NCCc1ccccn1)NCCNC(=O)c1ccccc1Cl. The van der Waals surface area contributed by atoms with Crippen molar-refractivity contribution < 1.29 is 4.79 Å². The molecule has 0 aliphatic rings. The highest BCUT2D eigenvalue weighted by Gasteiger charge is 2.08. The lowest BCUT2D eigenvalue weighted by Crippen LogP contribution is -2.38. The average molecular weight is 346 g/mol. The summed E-state index contributed by atoms with van der Waals surface area (Å²) in [7, 11) is 0. The maximum Gasteiger partial charge on any atom is 0.252 e. The number of nitrogens with zero attached hydrogens (tertiary/aromatic N) is 2. The van der Waals surface area contributed by atoms with Crippen molar-refractivity contribution in [2.24, 2.45) is 10.7 Å². The molecule has 0 saturated carbocycles. The Bertz CT molecular complexity index is 690. The number of nitrogens with two attached hydrogens (primary N) is 1. The van der Waals surface area contributed by atoms with E-state index >= 15 is 0 Å². The van der Waals surface area contributed by atoms with Crippen LogP contribution in [0.25, 0.3) is 0 Å². The molecule has 0 bridgehead atoms. The Morgan fingerprint density at radius 1 is 1.12 bits per heavy atom. The molecule has 0 radical (unpaired) electrons. The molecule has 4 N–H and O–H groups in total. The first-order chi connectivity index (χ1) is 11.7. The molecule has 0 fully saturated rings. The van der Waals surface area contributed by atoms with Crippen LogP contribution < -0.4 is 16.4 Å². The third kappa shape index (κ3) is 5.89. The normalized spacial score (nSPS) is 11.1. The van der Waals surface area contributed by atoms with Crippen molar-refractivity contribution in [2.45, 2.75) is 6.42 Å². The van der Waals surface area contributed by atoms with Gasteiger partial charge in [-0.2, -0.15) is 0 Å². The molecule has 2 rings (SSSR count). The highest BCUT2D eigenvalue weighted by atomic mass is 35.5. The molecular weight excluding hydrogens is 326 g/mol. The lowest BCUT2D eigenvalue weighted by atomic mass is 10.2. The molecule has 7 heteroatoms. The summed E-state index contributed by atoms with van der Waals surface area (Å²) in [5, 5.41) is 6.15. The van der Waals surface area contributed by atoms with E-state index in [1.54, 1.807) is 30.5 Å². The Morgan fingerprint density at radius 2 is 1.88 bits per heavy atom. The molecule has 0 atom stereocenters. The number of carbonyl (C=O) groups excluding carboxylic acids is 1. The number of hydrogen-bond donors (Lipinski definition) is 3. The van der Waals surface area contributed by atoms with Crippen LogP contribution in [0.3, 0.4) is 0 Å². The van der Waals surface area contributed by atoms with E-state index in [0.717, 1.165) is 12.1 Å². The minimum Gasteiger partial charge on any atom is -0.370 e. The van der Waals surface area contributed by atoms with Crippen LogP contribution in [0.4, 0.5) is 0 Å². The number of rotatable bonds is 7. The fraction of sp³-hybridized carbons (Fsp3) is 0.235. The zero-order chi connectivity index (χ0) is 17.2. The molecular formula is C17H20ClN5O. The standard InChI is InChI=1S/C17H20ClN5O/c18-15-7-2-1-6-14(15)16(24)21-11-12-23-17(19)22-10-8-13-5-3-4-9-20-13/h1-7,9H,8,10-12H2,(H,21,24)(H3,19,22,23). The third-order valence-electron chi connectivity index (χ3n) is 3.21. The van der Waals surface area contributed by atoms with Crippen LogP contribution in [0.2, 0.25) is 5.02 Å². The molecule has 126 valence electrons. The minimum atomic E-state index is -0.215. The Balaban J connectivity index is 1.65. The number of benzene rings is 1. The van der Waals surface area contributed by atoms with Crippen molar-refractivity contribution in [1.29, 1.82) is 0 Å². The molecule has 2 aromatic rings. The smallest absolute Gasteiger partial charge is 0.252 e. The second-order valence-corrected chi connectivity index (χ2v) is 5.41. The summed E-state index contributed by atoms with van der Waals surface area (Å²) in [5.74, 6) is 0.131. The lowest BCUT2D eigenvalue weighted by Gasteiger charge is -2.08. The topological polar surface area (TPSA) is 92.4 Å². The maximum atomic E-state index is 11.9. The van der Waals surface area contributed by atoms with Gasteiger partial charge in [0.15, 0.2) is 5.96 Å². The zero-order valence-electron chi connectivity index (χ0n) is 13.2. The van der Waals surface area contributed by atoms with Crippen LogP contribution in [-0.2, 0) is 6.42 Å². The van der Waals surface area contributed by atoms with E-state index in [1.807, 2.05) is 18.2 Å². The van der Waals surface area contributed by atoms with E-state index < -0.39 is 0 Å². The van der Waals surface area contributed by atoms with Gasteiger partial charge in [-0.3, -0.25) is 14.8 Å². The number of aliphatic imine (C=N–C) groups is 1. The van der Waals surface area contributed by atoms with Gasteiger partial charge in [0.05, 0.1) is 10.6 Å². The van der Waals surface area contributed by atoms with Gasteiger partial charge in [-0.05, 0) is 24.3 Å². The Morgan fingerprint density at radius 3 is 2.62 bits per heavy atom. The minimum absolute atomic E-state index is 0.215. The van der Waals surface area contributed by atoms with Crippen molar-refractivity contribution in [3.8, 4) is 0 Å². The van der Waals surface area contributed by atoms with Gasteiger partial charge in [0.25, 0.3) is 5.91 Å². The molecule has 0 aliphatic carbocycles. The molecule has 24 heavy (non-hydrogen) atoms. The number of aromatic nitrogens is 1.